The Kier molecular flexibility index (Phi) is 7.66. The van der Waals surface area contributed by atoms with Crippen molar-refractivity contribution in [3.63, 3.8) is 0 Å². The minimum absolute atomic E-state index is 0.0427. The third-order valence-electron chi connectivity index (χ3n) is 16.9. The van der Waals surface area contributed by atoms with Gasteiger partial charge in [-0.05, 0) is 157 Å². The van der Waals surface area contributed by atoms with Gasteiger partial charge in [0.05, 0.1) is 17.9 Å². The number of aliphatic carboxylic acids is 1. The van der Waals surface area contributed by atoms with Crippen LogP contribution < -0.4 is 0 Å². The normalized spacial score (nSPS) is 49.8. The molecule has 5 nitrogen and oxygen atoms in total. The minimum atomic E-state index is -0.670. The minimum Gasteiger partial charge on any atom is -0.481 e. The van der Waals surface area contributed by atoms with Gasteiger partial charge in [-0.25, -0.2) is 0 Å². The van der Waals surface area contributed by atoms with Crippen LogP contribution in [0.3, 0.4) is 0 Å². The van der Waals surface area contributed by atoms with E-state index in [4.69, 9.17) is 4.74 Å². The van der Waals surface area contributed by atoms with Gasteiger partial charge in [-0.15, -0.1) is 0 Å². The molecule has 46 heavy (non-hydrogen) atoms. The van der Waals surface area contributed by atoms with E-state index in [1.54, 1.807) is 7.11 Å². The number of carboxylic acids is 1. The summed E-state index contributed by atoms with van der Waals surface area (Å²) in [5.74, 6) is 1.57. The molecule has 254 valence electrons. The predicted molar refractivity (Wildman–Crippen MR) is 180 cm³/mol. The molecule has 7 aliphatic rings. The number of hydrogen-bond acceptors (Lipinski definition) is 4. The number of carboxylic acid groups (broad SMARTS) is 1. The first-order valence-corrected chi connectivity index (χ1v) is 18.9. The number of allylic oxidation sites excluding steroid dienone is 3. The fourth-order valence-corrected chi connectivity index (χ4v) is 14.8. The van der Waals surface area contributed by atoms with Crippen molar-refractivity contribution >= 4 is 17.7 Å². The zero-order valence-electron chi connectivity index (χ0n) is 29.5. The summed E-state index contributed by atoms with van der Waals surface area (Å²) in [7, 11) is 1.54. The molecule has 0 amide bonds. The van der Waals surface area contributed by atoms with E-state index in [1.807, 2.05) is 6.92 Å². The average molecular weight is 633 g/mol. The van der Waals surface area contributed by atoms with Gasteiger partial charge in [0.25, 0.3) is 0 Å². The Morgan fingerprint density at radius 2 is 1.57 bits per heavy atom. The van der Waals surface area contributed by atoms with E-state index >= 15 is 4.79 Å². The molecule has 0 radical (unpaired) electrons. The summed E-state index contributed by atoms with van der Waals surface area (Å²) in [6.07, 6.45) is 20.5. The van der Waals surface area contributed by atoms with E-state index < -0.39 is 16.8 Å². The van der Waals surface area contributed by atoms with E-state index in [-0.39, 0.29) is 33.5 Å². The molecule has 2 spiro atoms. The van der Waals surface area contributed by atoms with Crippen LogP contribution in [0.15, 0.2) is 23.8 Å². The van der Waals surface area contributed by atoms with Crippen molar-refractivity contribution in [3.8, 4) is 0 Å². The van der Waals surface area contributed by atoms with Crippen molar-refractivity contribution in [2.75, 3.05) is 7.11 Å². The molecule has 11 unspecified atom stereocenters. The van der Waals surface area contributed by atoms with Crippen LogP contribution in [0, 0.1) is 62.1 Å². The average Bonchev–Trinajstić information content (AvgIpc) is 3.17. The van der Waals surface area contributed by atoms with Gasteiger partial charge in [0.1, 0.15) is 5.78 Å². The van der Waals surface area contributed by atoms with E-state index in [0.29, 0.717) is 29.5 Å². The first-order chi connectivity index (χ1) is 21.7. The van der Waals surface area contributed by atoms with Crippen LogP contribution in [0.25, 0.3) is 0 Å². The lowest BCUT2D eigenvalue weighted by Crippen LogP contribution is -2.59. The van der Waals surface area contributed by atoms with Crippen LogP contribution in [0.5, 0.6) is 0 Å². The Balaban J connectivity index is 1.11. The molecule has 0 aromatic carbocycles. The fourth-order valence-electron chi connectivity index (χ4n) is 14.8. The van der Waals surface area contributed by atoms with Crippen molar-refractivity contribution in [2.45, 2.75) is 143 Å². The Hall–Kier alpha value is -1.91. The zero-order valence-corrected chi connectivity index (χ0v) is 29.5. The van der Waals surface area contributed by atoms with Crippen LogP contribution in [0.1, 0.15) is 143 Å². The lowest BCUT2D eigenvalue weighted by atomic mass is 9.41. The highest BCUT2D eigenvalue weighted by Gasteiger charge is 2.72. The number of carbonyl (C=O) groups excluding carboxylic acids is 2. The third-order valence-corrected chi connectivity index (χ3v) is 16.9. The molecule has 7 rings (SSSR count). The smallest absolute Gasteiger partial charge is 0.311 e. The van der Waals surface area contributed by atoms with Gasteiger partial charge in [-0.1, -0.05) is 50.5 Å². The summed E-state index contributed by atoms with van der Waals surface area (Å²) in [5, 5.41) is 10.4. The SMILES string of the molecule is C=C1CCC2C(C)(C(=O)OC)CCCC2(C)C1CCC1=CCCC2(C1)C(=O)C13CCC4C(C)(C(=O)O)CCCC4(C)C1CCC2C3. The third kappa shape index (κ3) is 4.20. The van der Waals surface area contributed by atoms with Crippen molar-refractivity contribution in [1.29, 1.82) is 0 Å². The van der Waals surface area contributed by atoms with E-state index in [2.05, 4.69) is 33.4 Å². The number of Topliss-reactive ketones (excluding diaryl/α,β-unsaturated/α-hetero) is 1. The Labute approximate surface area is 277 Å². The molecule has 2 bridgehead atoms. The summed E-state index contributed by atoms with van der Waals surface area (Å²) in [5.41, 5.74) is 1.28. The first-order valence-electron chi connectivity index (χ1n) is 18.9. The number of rotatable bonds is 5. The lowest BCUT2D eigenvalue weighted by molar-refractivity contribution is -0.182. The van der Waals surface area contributed by atoms with Gasteiger partial charge >= 0.3 is 11.9 Å². The highest BCUT2D eigenvalue weighted by molar-refractivity contribution is 5.94. The topological polar surface area (TPSA) is 80.7 Å². The summed E-state index contributed by atoms with van der Waals surface area (Å²) < 4.78 is 5.37. The molecule has 6 fully saturated rings. The van der Waals surface area contributed by atoms with Crippen molar-refractivity contribution in [1.82, 2.24) is 0 Å². The van der Waals surface area contributed by atoms with Crippen LogP contribution in [-0.2, 0) is 19.1 Å². The summed E-state index contributed by atoms with van der Waals surface area (Å²) >= 11 is 0. The Bertz CT molecular complexity index is 1360. The second kappa shape index (κ2) is 10.8. The lowest BCUT2D eigenvalue weighted by Gasteiger charge is -2.62. The molecule has 0 aliphatic heterocycles. The van der Waals surface area contributed by atoms with Crippen molar-refractivity contribution in [3.05, 3.63) is 23.8 Å². The molecule has 7 aliphatic carbocycles. The standard InChI is InChI=1S/C41H60O5/c1-26-11-15-30-36(2,18-8-21-39(30,5)35(45)46-6)29(26)14-12-27-10-7-22-40(24-27)28-13-16-32-37(3)19-9-20-38(4,34(43)44)31(37)17-23-41(32,25-28)33(40)42/h10,28-32H,1,7-9,11-25H2,2-6H3,(H,43,44). The Morgan fingerprint density at radius 1 is 0.870 bits per heavy atom. The molecule has 11 atom stereocenters. The molecule has 5 heteroatoms. The number of esters is 1. The molecule has 0 saturated heterocycles. The molecule has 0 aromatic rings. The quantitative estimate of drug-likeness (QED) is 0.241. The number of carbonyl (C=O) groups is 3. The molecular weight excluding hydrogens is 572 g/mol. The van der Waals surface area contributed by atoms with E-state index in [0.717, 1.165) is 116 Å². The second-order valence-corrected chi connectivity index (χ2v) is 18.5. The summed E-state index contributed by atoms with van der Waals surface area (Å²) in [6.45, 7) is 13.6. The molecule has 6 saturated carbocycles. The number of ether oxygens (including phenoxy) is 1. The fraction of sp³-hybridized carbons (Fsp3) is 0.829. The molecular formula is C41H60O5. The monoisotopic (exact) mass is 632 g/mol. The largest absolute Gasteiger partial charge is 0.481 e. The van der Waals surface area contributed by atoms with Gasteiger partial charge in [0.15, 0.2) is 0 Å². The summed E-state index contributed by atoms with van der Waals surface area (Å²) in [6, 6.07) is 0. The van der Waals surface area contributed by atoms with Gasteiger partial charge in [-0.2, -0.15) is 0 Å². The summed E-state index contributed by atoms with van der Waals surface area (Å²) in [4.78, 5) is 40.8. The van der Waals surface area contributed by atoms with Crippen LogP contribution in [0.4, 0.5) is 0 Å². The van der Waals surface area contributed by atoms with Gasteiger partial charge in [0.2, 0.25) is 0 Å². The number of fused-ring (bicyclic) bond motifs is 5. The number of ketones is 1. The van der Waals surface area contributed by atoms with Crippen LogP contribution >= 0.6 is 0 Å². The number of methoxy groups -OCH3 is 1. The van der Waals surface area contributed by atoms with Gasteiger partial charge < -0.3 is 9.84 Å². The van der Waals surface area contributed by atoms with Crippen LogP contribution in [0.2, 0.25) is 0 Å². The second-order valence-electron chi connectivity index (χ2n) is 18.5. The van der Waals surface area contributed by atoms with Gasteiger partial charge in [-0.3, -0.25) is 14.4 Å². The van der Waals surface area contributed by atoms with E-state index in [1.165, 1.54) is 11.1 Å². The molecule has 0 aromatic heterocycles. The van der Waals surface area contributed by atoms with Crippen molar-refractivity contribution < 1.29 is 24.2 Å². The number of hydrogen-bond donors (Lipinski definition) is 1. The Morgan fingerprint density at radius 3 is 2.28 bits per heavy atom. The van der Waals surface area contributed by atoms with Gasteiger partial charge in [0, 0.05) is 10.8 Å². The predicted octanol–water partition coefficient (Wildman–Crippen LogP) is 9.49. The maximum Gasteiger partial charge on any atom is 0.311 e. The first kappa shape index (κ1) is 32.6. The zero-order chi connectivity index (χ0) is 32.9. The highest BCUT2D eigenvalue weighted by Crippen LogP contribution is 2.75. The molecule has 1 N–H and O–H groups in total. The maximum atomic E-state index is 15.1. The maximum absolute atomic E-state index is 15.1. The van der Waals surface area contributed by atoms with Crippen LogP contribution in [-0.4, -0.2) is 29.9 Å². The van der Waals surface area contributed by atoms with E-state index in [9.17, 15) is 14.7 Å². The van der Waals surface area contributed by atoms with Crippen molar-refractivity contribution in [2.24, 2.45) is 62.1 Å². The molecule has 0 heterocycles. The highest BCUT2D eigenvalue weighted by atomic mass is 16.5.